The van der Waals surface area contributed by atoms with Gasteiger partial charge in [0.15, 0.2) is 0 Å². The maximum absolute atomic E-state index is 11.4. The Morgan fingerprint density at radius 1 is 1.20 bits per heavy atom. The number of rotatable bonds is 3. The fraction of sp³-hybridized carbons (Fsp3) is 0.111. The van der Waals surface area contributed by atoms with Gasteiger partial charge in [-0.1, -0.05) is 0 Å². The third kappa shape index (κ3) is 2.87. The van der Waals surface area contributed by atoms with Crippen molar-refractivity contribution in [2.45, 2.75) is 0 Å². The molecule has 0 saturated heterocycles. The monoisotopic (exact) mass is 208 g/mol. The van der Waals surface area contributed by atoms with Crippen LogP contribution in [0.3, 0.4) is 0 Å². The minimum absolute atomic E-state index is 0.205. The van der Waals surface area contributed by atoms with Crippen LogP contribution >= 0.6 is 0 Å². The van der Waals surface area contributed by atoms with E-state index in [0.717, 1.165) is 0 Å². The minimum Gasteiger partial charge on any atom is -0.397 e. The van der Waals surface area contributed by atoms with Crippen LogP contribution in [-0.2, 0) is 4.79 Å². The van der Waals surface area contributed by atoms with Gasteiger partial charge in [-0.05, 0) is 18.2 Å². The van der Waals surface area contributed by atoms with Gasteiger partial charge in [-0.3, -0.25) is 9.59 Å². The topological polar surface area (TPSA) is 124 Å². The first-order valence-corrected chi connectivity index (χ1v) is 4.22. The molecule has 1 aromatic carbocycles. The molecule has 0 bridgehead atoms. The summed E-state index contributed by atoms with van der Waals surface area (Å²) in [5.41, 5.74) is 16.9. The number of anilines is 2. The van der Waals surface area contributed by atoms with E-state index in [2.05, 4.69) is 5.32 Å². The largest absolute Gasteiger partial charge is 0.397 e. The van der Waals surface area contributed by atoms with Gasteiger partial charge < -0.3 is 22.5 Å². The third-order valence-corrected chi connectivity index (χ3v) is 1.77. The van der Waals surface area contributed by atoms with E-state index in [0.29, 0.717) is 16.9 Å². The van der Waals surface area contributed by atoms with Gasteiger partial charge in [0.2, 0.25) is 5.91 Å². The van der Waals surface area contributed by atoms with Crippen LogP contribution < -0.4 is 22.5 Å². The van der Waals surface area contributed by atoms with Gasteiger partial charge in [0.25, 0.3) is 5.91 Å². The number of carbonyl (C=O) groups is 2. The zero-order chi connectivity index (χ0) is 11.4. The molecule has 0 saturated carbocycles. The van der Waals surface area contributed by atoms with Crippen molar-refractivity contribution in [2.24, 2.45) is 5.73 Å². The maximum atomic E-state index is 11.4. The molecular weight excluding hydrogens is 196 g/mol. The molecule has 0 aliphatic rings. The first-order chi connectivity index (χ1) is 7.00. The Morgan fingerprint density at radius 2 is 1.87 bits per heavy atom. The minimum atomic E-state index is -0.605. The summed E-state index contributed by atoms with van der Waals surface area (Å²) in [6.45, 7) is -0.205. The average molecular weight is 208 g/mol. The van der Waals surface area contributed by atoms with Gasteiger partial charge in [-0.25, -0.2) is 0 Å². The SMILES string of the molecule is NC(=O)CNC(=O)c1ccc(N)c(N)c1. The second kappa shape index (κ2) is 4.32. The average Bonchev–Trinajstić information content (AvgIpc) is 2.18. The number of hydrogen-bond acceptors (Lipinski definition) is 4. The summed E-state index contributed by atoms with van der Waals surface area (Å²) in [6, 6.07) is 4.47. The van der Waals surface area contributed by atoms with Gasteiger partial charge in [0.1, 0.15) is 0 Å². The van der Waals surface area contributed by atoms with Crippen LogP contribution in [0.4, 0.5) is 11.4 Å². The number of primary amides is 1. The molecule has 0 radical (unpaired) electrons. The third-order valence-electron chi connectivity index (χ3n) is 1.77. The van der Waals surface area contributed by atoms with E-state index in [4.69, 9.17) is 17.2 Å². The van der Waals surface area contributed by atoms with Crippen molar-refractivity contribution in [3.8, 4) is 0 Å². The number of amides is 2. The maximum Gasteiger partial charge on any atom is 0.251 e. The summed E-state index contributed by atoms with van der Waals surface area (Å²) >= 11 is 0. The summed E-state index contributed by atoms with van der Waals surface area (Å²) in [5.74, 6) is -1.02. The summed E-state index contributed by atoms with van der Waals surface area (Å²) in [5, 5.41) is 2.34. The number of nitrogens with two attached hydrogens (primary N) is 3. The van der Waals surface area contributed by atoms with Gasteiger partial charge in [0, 0.05) is 5.56 Å². The Labute approximate surface area is 86.4 Å². The highest BCUT2D eigenvalue weighted by molar-refractivity contribution is 5.97. The Kier molecular flexibility index (Phi) is 3.12. The van der Waals surface area contributed by atoms with Crippen LogP contribution in [0.2, 0.25) is 0 Å². The van der Waals surface area contributed by atoms with Gasteiger partial charge in [-0.15, -0.1) is 0 Å². The van der Waals surface area contributed by atoms with E-state index < -0.39 is 11.8 Å². The molecule has 0 aromatic heterocycles. The molecule has 0 aliphatic carbocycles. The van der Waals surface area contributed by atoms with Crippen LogP contribution in [0.25, 0.3) is 0 Å². The Balaban J connectivity index is 2.74. The lowest BCUT2D eigenvalue weighted by molar-refractivity contribution is -0.117. The van der Waals surface area contributed by atoms with Crippen LogP contribution in [0, 0.1) is 0 Å². The Bertz CT molecular complexity index is 403. The summed E-state index contributed by atoms with van der Waals surface area (Å²) < 4.78 is 0. The predicted octanol–water partition coefficient (Wildman–Crippen LogP) is -0.934. The van der Waals surface area contributed by atoms with Crippen molar-refractivity contribution in [3.05, 3.63) is 23.8 Å². The molecule has 7 N–H and O–H groups in total. The van der Waals surface area contributed by atoms with Crippen molar-refractivity contribution in [1.82, 2.24) is 5.32 Å². The molecule has 15 heavy (non-hydrogen) atoms. The molecular formula is C9H12N4O2. The van der Waals surface area contributed by atoms with Crippen molar-refractivity contribution in [3.63, 3.8) is 0 Å². The van der Waals surface area contributed by atoms with Crippen molar-refractivity contribution in [1.29, 1.82) is 0 Å². The normalized spacial score (nSPS) is 9.60. The number of benzene rings is 1. The first-order valence-electron chi connectivity index (χ1n) is 4.22. The molecule has 0 atom stereocenters. The molecule has 0 heterocycles. The molecule has 0 unspecified atom stereocenters. The molecule has 2 amide bonds. The number of nitrogen functional groups attached to an aromatic ring is 2. The second-order valence-electron chi connectivity index (χ2n) is 2.99. The van der Waals surface area contributed by atoms with Crippen LogP contribution in [-0.4, -0.2) is 18.4 Å². The fourth-order valence-electron chi connectivity index (χ4n) is 0.985. The highest BCUT2D eigenvalue weighted by Crippen LogP contribution is 2.15. The summed E-state index contributed by atoms with van der Waals surface area (Å²) in [7, 11) is 0. The molecule has 80 valence electrons. The van der Waals surface area contributed by atoms with Gasteiger partial charge >= 0.3 is 0 Å². The summed E-state index contributed by atoms with van der Waals surface area (Å²) in [4.78, 5) is 21.8. The van der Waals surface area contributed by atoms with Crippen LogP contribution in [0.1, 0.15) is 10.4 Å². The van der Waals surface area contributed by atoms with E-state index >= 15 is 0 Å². The quantitative estimate of drug-likeness (QED) is 0.479. The van der Waals surface area contributed by atoms with E-state index in [1.54, 1.807) is 0 Å². The van der Waals surface area contributed by atoms with E-state index in [-0.39, 0.29) is 6.54 Å². The van der Waals surface area contributed by atoms with Gasteiger partial charge in [0.05, 0.1) is 17.9 Å². The van der Waals surface area contributed by atoms with Crippen LogP contribution in [0.15, 0.2) is 18.2 Å². The second-order valence-corrected chi connectivity index (χ2v) is 2.99. The number of hydrogen-bond donors (Lipinski definition) is 4. The molecule has 6 nitrogen and oxygen atoms in total. The summed E-state index contributed by atoms with van der Waals surface area (Å²) in [6.07, 6.45) is 0. The van der Waals surface area contributed by atoms with E-state index in [9.17, 15) is 9.59 Å². The lowest BCUT2D eigenvalue weighted by Gasteiger charge is -2.05. The fourth-order valence-corrected chi connectivity index (χ4v) is 0.985. The molecule has 6 heteroatoms. The molecule has 0 fully saturated rings. The molecule has 0 spiro atoms. The van der Waals surface area contributed by atoms with Crippen LogP contribution in [0.5, 0.6) is 0 Å². The number of nitrogens with one attached hydrogen (secondary N) is 1. The standard InChI is InChI=1S/C9H12N4O2/c10-6-2-1-5(3-7(6)11)9(15)13-4-8(12)14/h1-3H,4,10-11H2,(H2,12,14)(H,13,15). The van der Waals surface area contributed by atoms with Crippen molar-refractivity contribution >= 4 is 23.2 Å². The molecule has 1 rings (SSSR count). The first kappa shape index (κ1) is 10.8. The van der Waals surface area contributed by atoms with E-state index in [1.807, 2.05) is 0 Å². The zero-order valence-corrected chi connectivity index (χ0v) is 7.99. The lowest BCUT2D eigenvalue weighted by Crippen LogP contribution is -2.33. The van der Waals surface area contributed by atoms with Crippen molar-refractivity contribution < 1.29 is 9.59 Å². The lowest BCUT2D eigenvalue weighted by atomic mass is 10.1. The molecule has 0 aliphatic heterocycles. The zero-order valence-electron chi connectivity index (χ0n) is 7.99. The highest BCUT2D eigenvalue weighted by Gasteiger charge is 2.07. The Hall–Kier alpha value is -2.24. The van der Waals surface area contributed by atoms with Gasteiger partial charge in [-0.2, -0.15) is 0 Å². The van der Waals surface area contributed by atoms with Crippen molar-refractivity contribution in [2.75, 3.05) is 18.0 Å². The Morgan fingerprint density at radius 3 is 2.40 bits per heavy atom. The van der Waals surface area contributed by atoms with E-state index in [1.165, 1.54) is 18.2 Å². The predicted molar refractivity (Wildman–Crippen MR) is 56.8 cm³/mol. The number of carbonyl (C=O) groups excluding carboxylic acids is 2. The smallest absolute Gasteiger partial charge is 0.251 e. The highest BCUT2D eigenvalue weighted by atomic mass is 16.2. The molecule has 1 aromatic rings.